The Kier molecular flexibility index (Phi) is 1.37. The van der Waals surface area contributed by atoms with Crippen LogP contribution in [0.5, 0.6) is 0 Å². The van der Waals surface area contributed by atoms with E-state index in [1.807, 2.05) is 6.07 Å². The third-order valence-electron chi connectivity index (χ3n) is 1.63. The maximum Gasteiger partial charge on any atom is 0.421 e. The molecule has 3 heteroatoms. The lowest BCUT2D eigenvalue weighted by Gasteiger charge is -1.82. The van der Waals surface area contributed by atoms with Gasteiger partial charge in [-0.25, -0.2) is 9.90 Å². The van der Waals surface area contributed by atoms with Gasteiger partial charge in [0.2, 0.25) is 5.76 Å². The maximum atomic E-state index is 10.4. The minimum atomic E-state index is -1.29. The Morgan fingerprint density at radius 1 is 1.25 bits per heavy atom. The molecule has 2 rings (SSSR count). The van der Waals surface area contributed by atoms with Gasteiger partial charge in [0.1, 0.15) is 5.58 Å². The van der Waals surface area contributed by atoms with E-state index in [-0.39, 0.29) is 5.76 Å². The summed E-state index contributed by atoms with van der Waals surface area (Å²) >= 11 is 0. The first-order chi connectivity index (χ1) is 5.77. The van der Waals surface area contributed by atoms with Gasteiger partial charge in [0.05, 0.1) is 0 Å². The molecule has 0 saturated heterocycles. The number of carbonyl (C=O) groups is 1. The molecule has 1 heterocycles. The molecule has 1 aromatic carbocycles. The number of carbonyl (C=O) groups excluding carboxylic acids is 1. The Morgan fingerprint density at radius 3 is 2.67 bits per heavy atom. The van der Waals surface area contributed by atoms with Crippen LogP contribution in [0.2, 0.25) is 0 Å². The van der Waals surface area contributed by atoms with E-state index in [2.05, 4.69) is 0 Å². The molecule has 0 N–H and O–H groups in total. The molecule has 0 spiro atoms. The van der Waals surface area contributed by atoms with Crippen molar-refractivity contribution in [3.63, 3.8) is 0 Å². The molecular weight excluding hydrogens is 156 g/mol. The number of hydrogen-bond donors (Lipinski definition) is 0. The smallest absolute Gasteiger partial charge is 0.421 e. The van der Waals surface area contributed by atoms with Crippen LogP contribution in [-0.4, -0.2) is 5.97 Å². The van der Waals surface area contributed by atoms with Crippen molar-refractivity contribution in [3.05, 3.63) is 36.1 Å². The van der Waals surface area contributed by atoms with Crippen LogP contribution in [-0.2, 0) is 5.11 Å². The van der Waals surface area contributed by atoms with Crippen molar-refractivity contribution in [3.8, 4) is 0 Å². The summed E-state index contributed by atoms with van der Waals surface area (Å²) in [4.78, 5) is 10.4. The average molecular weight is 161 g/mol. The highest BCUT2D eigenvalue weighted by Crippen LogP contribution is 2.18. The summed E-state index contributed by atoms with van der Waals surface area (Å²) in [6.07, 6.45) is 0. The minimum absolute atomic E-state index is 0.129. The third kappa shape index (κ3) is 0.955. The highest BCUT2D eigenvalue weighted by Gasteiger charge is 2.10. The van der Waals surface area contributed by atoms with Gasteiger partial charge in [-0.15, -0.1) is 0 Å². The molecule has 0 unspecified atom stereocenters. The van der Waals surface area contributed by atoms with Crippen LogP contribution in [0.4, 0.5) is 0 Å². The predicted octanol–water partition coefficient (Wildman–Crippen LogP) is 2.00. The minimum Gasteiger partial charge on any atom is -0.449 e. The SMILES string of the molecule is [O]C(=O)c1cc2ccccc2o1. The van der Waals surface area contributed by atoms with Crippen LogP contribution in [0.1, 0.15) is 10.6 Å². The first-order valence-electron chi connectivity index (χ1n) is 3.47. The molecule has 0 aliphatic carbocycles. The Balaban J connectivity index is 2.70. The molecule has 0 amide bonds. The van der Waals surface area contributed by atoms with Crippen LogP contribution in [0, 0.1) is 0 Å². The van der Waals surface area contributed by atoms with Gasteiger partial charge in [-0.1, -0.05) is 18.2 Å². The van der Waals surface area contributed by atoms with Gasteiger partial charge in [0.25, 0.3) is 0 Å². The van der Waals surface area contributed by atoms with Crippen molar-refractivity contribution < 1.29 is 14.3 Å². The second-order valence-electron chi connectivity index (χ2n) is 2.44. The molecule has 12 heavy (non-hydrogen) atoms. The van der Waals surface area contributed by atoms with E-state index in [1.54, 1.807) is 18.2 Å². The summed E-state index contributed by atoms with van der Waals surface area (Å²) in [6.45, 7) is 0. The van der Waals surface area contributed by atoms with Crippen molar-refractivity contribution in [1.29, 1.82) is 0 Å². The van der Waals surface area contributed by atoms with E-state index >= 15 is 0 Å². The third-order valence-corrected chi connectivity index (χ3v) is 1.63. The van der Waals surface area contributed by atoms with Crippen LogP contribution in [0.3, 0.4) is 0 Å². The molecule has 2 aromatic rings. The number of rotatable bonds is 1. The largest absolute Gasteiger partial charge is 0.449 e. The standard InChI is InChI=1S/C9H5O3/c10-9(11)8-5-6-3-1-2-4-7(6)12-8/h1-5H. The molecule has 0 atom stereocenters. The zero-order valence-electron chi connectivity index (χ0n) is 6.11. The fourth-order valence-electron chi connectivity index (χ4n) is 1.08. The molecule has 0 aliphatic heterocycles. The molecule has 3 nitrogen and oxygen atoms in total. The molecule has 1 radical (unpaired) electrons. The zero-order valence-corrected chi connectivity index (χ0v) is 6.11. The van der Waals surface area contributed by atoms with Crippen molar-refractivity contribution in [1.82, 2.24) is 0 Å². The van der Waals surface area contributed by atoms with Crippen LogP contribution in [0.15, 0.2) is 34.7 Å². The van der Waals surface area contributed by atoms with Crippen molar-refractivity contribution in [2.45, 2.75) is 0 Å². The summed E-state index contributed by atoms with van der Waals surface area (Å²) in [6, 6.07) is 8.54. The summed E-state index contributed by atoms with van der Waals surface area (Å²) < 4.78 is 4.97. The second-order valence-corrected chi connectivity index (χ2v) is 2.44. The Morgan fingerprint density at radius 2 is 2.00 bits per heavy atom. The average Bonchev–Trinajstić information content (AvgIpc) is 2.46. The summed E-state index contributed by atoms with van der Waals surface area (Å²) in [5.74, 6) is -1.41. The highest BCUT2D eigenvalue weighted by molar-refractivity contribution is 5.91. The van der Waals surface area contributed by atoms with Gasteiger partial charge in [-0.3, -0.25) is 0 Å². The number of fused-ring (bicyclic) bond motifs is 1. The lowest BCUT2D eigenvalue weighted by molar-refractivity contribution is 0.0539. The molecule has 0 bridgehead atoms. The first kappa shape index (κ1) is 6.91. The topological polar surface area (TPSA) is 50.1 Å². The van der Waals surface area contributed by atoms with Crippen LogP contribution >= 0.6 is 0 Å². The summed E-state index contributed by atoms with van der Waals surface area (Å²) in [7, 11) is 0. The van der Waals surface area contributed by atoms with E-state index in [4.69, 9.17) is 4.42 Å². The Hall–Kier alpha value is -1.77. The van der Waals surface area contributed by atoms with E-state index in [0.29, 0.717) is 5.58 Å². The van der Waals surface area contributed by atoms with E-state index in [1.165, 1.54) is 6.07 Å². The van der Waals surface area contributed by atoms with Crippen LogP contribution < -0.4 is 0 Å². The van der Waals surface area contributed by atoms with E-state index < -0.39 is 5.97 Å². The van der Waals surface area contributed by atoms with Crippen molar-refractivity contribution in [2.75, 3.05) is 0 Å². The number of benzene rings is 1. The Labute approximate surface area is 68.2 Å². The highest BCUT2D eigenvalue weighted by atomic mass is 16.4. The fraction of sp³-hybridized carbons (Fsp3) is 0. The quantitative estimate of drug-likeness (QED) is 0.642. The van der Waals surface area contributed by atoms with Gasteiger partial charge in [-0.05, 0) is 12.1 Å². The Bertz CT molecular complexity index is 395. The second kappa shape index (κ2) is 2.37. The van der Waals surface area contributed by atoms with Gasteiger partial charge in [0.15, 0.2) is 0 Å². The normalized spacial score (nSPS) is 10.3. The number of furan rings is 1. The van der Waals surface area contributed by atoms with E-state index in [9.17, 15) is 9.90 Å². The maximum absolute atomic E-state index is 10.4. The number of hydrogen-bond acceptors (Lipinski definition) is 2. The lowest BCUT2D eigenvalue weighted by atomic mass is 10.2. The first-order valence-corrected chi connectivity index (χ1v) is 3.47. The molecule has 1 aromatic heterocycles. The molecular formula is C9H5O3. The van der Waals surface area contributed by atoms with Gasteiger partial charge in [0, 0.05) is 5.39 Å². The monoisotopic (exact) mass is 161 g/mol. The van der Waals surface area contributed by atoms with Gasteiger partial charge in [-0.2, -0.15) is 0 Å². The summed E-state index contributed by atoms with van der Waals surface area (Å²) in [5.41, 5.74) is 0.566. The molecule has 59 valence electrons. The van der Waals surface area contributed by atoms with Gasteiger partial charge < -0.3 is 4.42 Å². The molecule has 0 saturated carbocycles. The van der Waals surface area contributed by atoms with Crippen molar-refractivity contribution in [2.24, 2.45) is 0 Å². The van der Waals surface area contributed by atoms with E-state index in [0.717, 1.165) is 5.39 Å². The van der Waals surface area contributed by atoms with Gasteiger partial charge >= 0.3 is 5.97 Å². The van der Waals surface area contributed by atoms with Crippen molar-refractivity contribution >= 4 is 16.9 Å². The molecule has 0 aliphatic rings. The zero-order chi connectivity index (χ0) is 8.55. The predicted molar refractivity (Wildman–Crippen MR) is 41.2 cm³/mol. The molecule has 0 fully saturated rings. The number of para-hydroxylation sites is 1. The fourth-order valence-corrected chi connectivity index (χ4v) is 1.08. The lowest BCUT2D eigenvalue weighted by Crippen LogP contribution is -1.88. The van der Waals surface area contributed by atoms with Crippen LogP contribution in [0.25, 0.3) is 11.0 Å². The summed E-state index contributed by atoms with van der Waals surface area (Å²) in [5, 5.41) is 11.1.